The Morgan fingerprint density at radius 1 is 1.05 bits per heavy atom. The lowest BCUT2D eigenvalue weighted by Crippen LogP contribution is -2.31. The summed E-state index contributed by atoms with van der Waals surface area (Å²) in [5.41, 5.74) is 2.11. The van der Waals surface area contributed by atoms with E-state index in [2.05, 4.69) is 24.6 Å². The first kappa shape index (κ1) is 17.9. The van der Waals surface area contributed by atoms with Crippen LogP contribution in [-0.2, 0) is 9.59 Å². The molecular formula is C14H29N3O2. The molecule has 19 heavy (non-hydrogen) atoms. The molecule has 0 aromatic rings. The number of unbranched alkanes of at least 4 members (excludes halogenated alkanes) is 2. The van der Waals surface area contributed by atoms with Gasteiger partial charge >= 0.3 is 0 Å². The Labute approximate surface area is 116 Å². The number of hydrazine groups is 1. The molecule has 0 aliphatic heterocycles. The van der Waals surface area contributed by atoms with E-state index in [4.69, 9.17) is 5.84 Å². The molecule has 0 aliphatic rings. The van der Waals surface area contributed by atoms with Crippen molar-refractivity contribution in [1.29, 1.82) is 0 Å². The Hall–Kier alpha value is -1.10. The summed E-state index contributed by atoms with van der Waals surface area (Å²) in [6.07, 6.45) is 7.14. The molecule has 0 aliphatic carbocycles. The van der Waals surface area contributed by atoms with Crippen LogP contribution in [0.2, 0.25) is 0 Å². The predicted octanol–water partition coefficient (Wildman–Crippen LogP) is 1.87. The first-order valence-corrected chi connectivity index (χ1v) is 7.42. The van der Waals surface area contributed by atoms with Gasteiger partial charge in [-0.05, 0) is 25.7 Å². The smallest absolute Gasteiger partial charge is 0.233 e. The quantitative estimate of drug-likeness (QED) is 0.232. The summed E-state index contributed by atoms with van der Waals surface area (Å²) >= 11 is 0. The van der Waals surface area contributed by atoms with Gasteiger partial charge in [-0.3, -0.25) is 15.0 Å². The molecule has 0 saturated carbocycles. The summed E-state index contributed by atoms with van der Waals surface area (Å²) in [4.78, 5) is 22.8. The van der Waals surface area contributed by atoms with Crippen molar-refractivity contribution < 1.29 is 9.59 Å². The minimum atomic E-state index is -0.130. The van der Waals surface area contributed by atoms with Crippen LogP contribution >= 0.6 is 0 Å². The standard InChI is InChI=1S/C14H29N3O2/c1-3-8-12(9-4-2)14(19)16-11-7-5-6-10-13(18)17-15/h12H,3-11,15H2,1-2H3,(H,16,19)(H,17,18). The van der Waals surface area contributed by atoms with Crippen LogP contribution in [0.25, 0.3) is 0 Å². The normalized spacial score (nSPS) is 10.5. The summed E-state index contributed by atoms with van der Waals surface area (Å²) in [6, 6.07) is 0. The van der Waals surface area contributed by atoms with Crippen LogP contribution in [0.4, 0.5) is 0 Å². The first-order valence-electron chi connectivity index (χ1n) is 7.42. The Morgan fingerprint density at radius 2 is 1.68 bits per heavy atom. The molecule has 112 valence electrons. The third-order valence-corrected chi connectivity index (χ3v) is 3.19. The summed E-state index contributed by atoms with van der Waals surface area (Å²) < 4.78 is 0. The molecule has 0 fully saturated rings. The topological polar surface area (TPSA) is 84.2 Å². The molecule has 0 atom stereocenters. The molecule has 0 bridgehead atoms. The van der Waals surface area contributed by atoms with Crippen LogP contribution in [-0.4, -0.2) is 18.4 Å². The van der Waals surface area contributed by atoms with Gasteiger partial charge in [0, 0.05) is 18.9 Å². The maximum absolute atomic E-state index is 11.9. The van der Waals surface area contributed by atoms with E-state index in [1.165, 1.54) is 0 Å². The zero-order valence-electron chi connectivity index (χ0n) is 12.3. The number of hydrogen-bond donors (Lipinski definition) is 3. The highest BCUT2D eigenvalue weighted by molar-refractivity contribution is 5.78. The molecule has 5 nitrogen and oxygen atoms in total. The molecule has 5 heteroatoms. The van der Waals surface area contributed by atoms with Crippen molar-refractivity contribution >= 4 is 11.8 Å². The molecule has 0 rings (SSSR count). The van der Waals surface area contributed by atoms with Crippen molar-refractivity contribution in [1.82, 2.24) is 10.7 Å². The second-order valence-electron chi connectivity index (χ2n) is 4.94. The van der Waals surface area contributed by atoms with Crippen LogP contribution < -0.4 is 16.6 Å². The van der Waals surface area contributed by atoms with Gasteiger partial charge in [0.1, 0.15) is 0 Å². The number of hydrogen-bond acceptors (Lipinski definition) is 3. The maximum atomic E-state index is 11.9. The van der Waals surface area contributed by atoms with Crippen molar-refractivity contribution in [2.75, 3.05) is 6.54 Å². The van der Waals surface area contributed by atoms with Crippen molar-refractivity contribution in [3.63, 3.8) is 0 Å². The van der Waals surface area contributed by atoms with Crippen LogP contribution in [0, 0.1) is 5.92 Å². The number of carbonyl (C=O) groups excluding carboxylic acids is 2. The largest absolute Gasteiger partial charge is 0.356 e. The highest BCUT2D eigenvalue weighted by Gasteiger charge is 2.15. The van der Waals surface area contributed by atoms with Gasteiger partial charge in [0.25, 0.3) is 0 Å². The number of amides is 2. The maximum Gasteiger partial charge on any atom is 0.233 e. The van der Waals surface area contributed by atoms with Crippen LogP contribution in [0.3, 0.4) is 0 Å². The highest BCUT2D eigenvalue weighted by atomic mass is 16.2. The van der Waals surface area contributed by atoms with E-state index in [0.29, 0.717) is 13.0 Å². The van der Waals surface area contributed by atoms with E-state index in [1.807, 2.05) is 0 Å². The molecule has 0 aromatic carbocycles. The van der Waals surface area contributed by atoms with Crippen LogP contribution in [0.1, 0.15) is 65.2 Å². The number of nitrogens with two attached hydrogens (primary N) is 1. The number of rotatable bonds is 11. The molecule has 0 aromatic heterocycles. The van der Waals surface area contributed by atoms with Gasteiger partial charge in [-0.2, -0.15) is 0 Å². The lowest BCUT2D eigenvalue weighted by Gasteiger charge is -2.15. The fourth-order valence-electron chi connectivity index (χ4n) is 2.12. The van der Waals surface area contributed by atoms with E-state index in [-0.39, 0.29) is 17.7 Å². The predicted molar refractivity (Wildman–Crippen MR) is 77.1 cm³/mol. The van der Waals surface area contributed by atoms with Gasteiger partial charge in [0.05, 0.1) is 0 Å². The monoisotopic (exact) mass is 271 g/mol. The second-order valence-corrected chi connectivity index (χ2v) is 4.94. The lowest BCUT2D eigenvalue weighted by molar-refractivity contribution is -0.125. The Balaban J connectivity index is 3.63. The van der Waals surface area contributed by atoms with Gasteiger partial charge in [-0.25, -0.2) is 5.84 Å². The zero-order valence-corrected chi connectivity index (χ0v) is 12.3. The fourth-order valence-corrected chi connectivity index (χ4v) is 2.12. The third kappa shape index (κ3) is 9.47. The minimum absolute atomic E-state index is 0.130. The van der Waals surface area contributed by atoms with Crippen molar-refractivity contribution in [2.24, 2.45) is 11.8 Å². The highest BCUT2D eigenvalue weighted by Crippen LogP contribution is 2.13. The van der Waals surface area contributed by atoms with Crippen LogP contribution in [0.15, 0.2) is 0 Å². The first-order chi connectivity index (χ1) is 9.15. The van der Waals surface area contributed by atoms with Gasteiger partial charge < -0.3 is 5.32 Å². The number of carbonyl (C=O) groups is 2. The lowest BCUT2D eigenvalue weighted by atomic mass is 9.97. The Kier molecular flexibility index (Phi) is 11.3. The molecule has 2 amide bonds. The summed E-state index contributed by atoms with van der Waals surface area (Å²) in [6.45, 7) is 4.92. The van der Waals surface area contributed by atoms with Gasteiger partial charge in [0.2, 0.25) is 11.8 Å². The average molecular weight is 271 g/mol. The number of nitrogens with one attached hydrogen (secondary N) is 2. The molecule has 0 unspecified atom stereocenters. The van der Waals surface area contributed by atoms with Crippen molar-refractivity contribution in [3.8, 4) is 0 Å². The summed E-state index contributed by atoms with van der Waals surface area (Å²) in [7, 11) is 0. The van der Waals surface area contributed by atoms with E-state index < -0.39 is 0 Å². The van der Waals surface area contributed by atoms with Crippen molar-refractivity contribution in [3.05, 3.63) is 0 Å². The van der Waals surface area contributed by atoms with Crippen LogP contribution in [0.5, 0.6) is 0 Å². The molecule has 4 N–H and O–H groups in total. The molecule has 0 heterocycles. The fraction of sp³-hybridized carbons (Fsp3) is 0.857. The summed E-state index contributed by atoms with van der Waals surface area (Å²) in [5.74, 6) is 5.21. The molecule has 0 radical (unpaired) electrons. The second kappa shape index (κ2) is 12.0. The van der Waals surface area contributed by atoms with Crippen molar-refractivity contribution in [2.45, 2.75) is 65.2 Å². The minimum Gasteiger partial charge on any atom is -0.356 e. The van der Waals surface area contributed by atoms with E-state index >= 15 is 0 Å². The average Bonchev–Trinajstić information content (AvgIpc) is 2.41. The SMILES string of the molecule is CCCC(CCC)C(=O)NCCCCCC(=O)NN. The van der Waals surface area contributed by atoms with E-state index in [9.17, 15) is 9.59 Å². The van der Waals surface area contributed by atoms with Gasteiger partial charge in [-0.1, -0.05) is 33.1 Å². The molecular weight excluding hydrogens is 242 g/mol. The van der Waals surface area contributed by atoms with Gasteiger partial charge in [0.15, 0.2) is 0 Å². The molecule has 0 saturated heterocycles. The summed E-state index contributed by atoms with van der Waals surface area (Å²) in [5, 5.41) is 2.99. The Bertz CT molecular complexity index is 251. The zero-order chi connectivity index (χ0) is 14.5. The third-order valence-electron chi connectivity index (χ3n) is 3.19. The van der Waals surface area contributed by atoms with Gasteiger partial charge in [-0.15, -0.1) is 0 Å². The Morgan fingerprint density at radius 3 is 2.21 bits per heavy atom. The molecule has 0 spiro atoms. The van der Waals surface area contributed by atoms with E-state index in [1.54, 1.807) is 0 Å². The van der Waals surface area contributed by atoms with E-state index in [0.717, 1.165) is 44.9 Å².